The van der Waals surface area contributed by atoms with Gasteiger partial charge in [-0.3, -0.25) is 4.79 Å². The summed E-state index contributed by atoms with van der Waals surface area (Å²) in [7, 11) is 0. The van der Waals surface area contributed by atoms with Crippen LogP contribution in [0.25, 0.3) is 0 Å². The number of carbonyl (C=O) groups excluding carboxylic acids is 1. The van der Waals surface area contributed by atoms with Crippen LogP contribution in [0, 0.1) is 5.92 Å². The van der Waals surface area contributed by atoms with Crippen molar-refractivity contribution in [2.24, 2.45) is 11.7 Å². The van der Waals surface area contributed by atoms with E-state index in [0.717, 1.165) is 6.07 Å². The second-order valence-corrected chi connectivity index (χ2v) is 4.33. The van der Waals surface area contributed by atoms with Crippen LogP contribution < -0.4 is 10.6 Å². The number of halogens is 3. The molecule has 0 saturated carbocycles. The number of anilines is 1. The van der Waals surface area contributed by atoms with Crippen molar-refractivity contribution in [1.29, 1.82) is 0 Å². The largest absolute Gasteiger partial charge is 0.418 e. The Labute approximate surface area is 102 Å². The van der Waals surface area contributed by atoms with Gasteiger partial charge in [-0.1, -0.05) is 12.1 Å². The van der Waals surface area contributed by atoms with Gasteiger partial charge in [-0.05, 0) is 24.6 Å². The number of nitrogens with zero attached hydrogens (tertiary/aromatic N) is 1. The summed E-state index contributed by atoms with van der Waals surface area (Å²) in [6, 6.07) is 5.11. The van der Waals surface area contributed by atoms with Gasteiger partial charge >= 0.3 is 6.18 Å². The summed E-state index contributed by atoms with van der Waals surface area (Å²) in [5.41, 5.74) is 4.60. The van der Waals surface area contributed by atoms with Crippen molar-refractivity contribution in [2.45, 2.75) is 12.6 Å². The highest BCUT2D eigenvalue weighted by Crippen LogP contribution is 2.38. The first-order chi connectivity index (χ1) is 8.43. The topological polar surface area (TPSA) is 46.3 Å². The molecule has 1 unspecified atom stereocenters. The normalized spacial score (nSPS) is 20.6. The average Bonchev–Trinajstić information content (AvgIpc) is 2.69. The van der Waals surface area contributed by atoms with Crippen LogP contribution in [0.1, 0.15) is 12.0 Å². The van der Waals surface area contributed by atoms with Crippen molar-refractivity contribution in [1.82, 2.24) is 0 Å². The summed E-state index contributed by atoms with van der Waals surface area (Å²) in [6.07, 6.45) is -4.25. The number of carbonyl (C=O) groups is 1. The van der Waals surface area contributed by atoms with E-state index < -0.39 is 11.7 Å². The van der Waals surface area contributed by atoms with Crippen LogP contribution in [-0.2, 0) is 11.0 Å². The second kappa shape index (κ2) is 4.61. The fourth-order valence-corrected chi connectivity index (χ4v) is 2.12. The SMILES string of the molecule is NCC1CC(=O)N(c2ccccc2C(F)(F)F)C1. The first-order valence-corrected chi connectivity index (χ1v) is 5.60. The lowest BCUT2D eigenvalue weighted by Crippen LogP contribution is -2.28. The Morgan fingerprint density at radius 1 is 1.33 bits per heavy atom. The maximum Gasteiger partial charge on any atom is 0.418 e. The van der Waals surface area contributed by atoms with Crippen LogP contribution in [0.5, 0.6) is 0 Å². The smallest absolute Gasteiger partial charge is 0.330 e. The van der Waals surface area contributed by atoms with E-state index in [4.69, 9.17) is 5.73 Å². The van der Waals surface area contributed by atoms with Gasteiger partial charge in [0.1, 0.15) is 0 Å². The molecule has 2 N–H and O–H groups in total. The Morgan fingerprint density at radius 2 is 2.00 bits per heavy atom. The molecule has 1 aliphatic heterocycles. The number of benzene rings is 1. The maximum absolute atomic E-state index is 12.8. The van der Waals surface area contributed by atoms with Gasteiger partial charge in [-0.25, -0.2) is 0 Å². The minimum Gasteiger partial charge on any atom is -0.330 e. The molecule has 0 aliphatic carbocycles. The Bertz CT molecular complexity index is 459. The van der Waals surface area contributed by atoms with Gasteiger partial charge in [0.15, 0.2) is 0 Å². The predicted octanol–water partition coefficient (Wildman–Crippen LogP) is 2.02. The fourth-order valence-electron chi connectivity index (χ4n) is 2.12. The van der Waals surface area contributed by atoms with Gasteiger partial charge < -0.3 is 10.6 Å². The second-order valence-electron chi connectivity index (χ2n) is 4.33. The highest BCUT2D eigenvalue weighted by atomic mass is 19.4. The van der Waals surface area contributed by atoms with Gasteiger partial charge in [-0.15, -0.1) is 0 Å². The van der Waals surface area contributed by atoms with E-state index in [0.29, 0.717) is 6.54 Å². The molecular formula is C12H13F3N2O. The number of para-hydroxylation sites is 1. The van der Waals surface area contributed by atoms with Crippen molar-refractivity contribution in [2.75, 3.05) is 18.0 Å². The van der Waals surface area contributed by atoms with Crippen molar-refractivity contribution in [3.05, 3.63) is 29.8 Å². The highest BCUT2D eigenvalue weighted by molar-refractivity contribution is 5.96. The zero-order valence-electron chi connectivity index (χ0n) is 9.57. The van der Waals surface area contributed by atoms with Crippen LogP contribution in [0.4, 0.5) is 18.9 Å². The lowest BCUT2D eigenvalue weighted by Gasteiger charge is -2.21. The molecule has 0 bridgehead atoms. The summed E-state index contributed by atoms with van der Waals surface area (Å²) in [6.45, 7) is 0.554. The molecule has 18 heavy (non-hydrogen) atoms. The minimum atomic E-state index is -4.46. The Balaban J connectivity index is 2.37. The molecule has 1 heterocycles. The van der Waals surface area contributed by atoms with Crippen molar-refractivity contribution >= 4 is 11.6 Å². The van der Waals surface area contributed by atoms with Crippen molar-refractivity contribution in [3.63, 3.8) is 0 Å². The molecule has 1 atom stereocenters. The molecule has 0 radical (unpaired) electrons. The third kappa shape index (κ3) is 2.33. The molecule has 2 rings (SSSR count). The molecule has 1 saturated heterocycles. The number of hydrogen-bond acceptors (Lipinski definition) is 2. The van der Waals surface area contributed by atoms with Crippen LogP contribution in [0.15, 0.2) is 24.3 Å². The van der Waals surface area contributed by atoms with Gasteiger partial charge in [-0.2, -0.15) is 13.2 Å². The summed E-state index contributed by atoms with van der Waals surface area (Å²) in [4.78, 5) is 12.9. The maximum atomic E-state index is 12.8. The number of nitrogens with two attached hydrogens (primary N) is 1. The summed E-state index contributed by atoms with van der Waals surface area (Å²) in [5.74, 6) is -0.374. The molecule has 0 aromatic heterocycles. The third-order valence-electron chi connectivity index (χ3n) is 3.04. The molecule has 1 aromatic carbocycles. The average molecular weight is 258 g/mol. The van der Waals surface area contributed by atoms with E-state index in [2.05, 4.69) is 0 Å². The monoisotopic (exact) mass is 258 g/mol. The van der Waals surface area contributed by atoms with Gasteiger partial charge in [0.05, 0.1) is 11.3 Å². The third-order valence-corrected chi connectivity index (χ3v) is 3.04. The van der Waals surface area contributed by atoms with Crippen LogP contribution >= 0.6 is 0 Å². The molecule has 1 amide bonds. The molecule has 1 fully saturated rings. The molecule has 98 valence electrons. The lowest BCUT2D eigenvalue weighted by molar-refractivity contribution is -0.137. The molecule has 1 aromatic rings. The van der Waals surface area contributed by atoms with E-state index >= 15 is 0 Å². The zero-order chi connectivity index (χ0) is 13.3. The van der Waals surface area contributed by atoms with Crippen LogP contribution in [0.3, 0.4) is 0 Å². The molecule has 0 spiro atoms. The van der Waals surface area contributed by atoms with E-state index in [-0.39, 0.29) is 30.5 Å². The lowest BCUT2D eigenvalue weighted by atomic mass is 10.1. The van der Waals surface area contributed by atoms with Crippen LogP contribution in [-0.4, -0.2) is 19.0 Å². The Hall–Kier alpha value is -1.56. The quantitative estimate of drug-likeness (QED) is 0.882. The summed E-state index contributed by atoms with van der Waals surface area (Å²) in [5, 5.41) is 0. The number of amides is 1. The van der Waals surface area contributed by atoms with Crippen LogP contribution in [0.2, 0.25) is 0 Å². The van der Waals surface area contributed by atoms with E-state index in [1.165, 1.54) is 23.1 Å². The Morgan fingerprint density at radius 3 is 2.56 bits per heavy atom. The number of hydrogen-bond donors (Lipinski definition) is 1. The minimum absolute atomic E-state index is 0.0706. The molecule has 1 aliphatic rings. The van der Waals surface area contributed by atoms with E-state index in [1.807, 2.05) is 0 Å². The summed E-state index contributed by atoms with van der Waals surface area (Å²) >= 11 is 0. The van der Waals surface area contributed by atoms with Crippen molar-refractivity contribution < 1.29 is 18.0 Å². The van der Waals surface area contributed by atoms with Gasteiger partial charge in [0.25, 0.3) is 0 Å². The van der Waals surface area contributed by atoms with E-state index in [1.54, 1.807) is 0 Å². The fraction of sp³-hybridized carbons (Fsp3) is 0.417. The first kappa shape index (κ1) is 12.9. The molecule has 3 nitrogen and oxygen atoms in total. The van der Waals surface area contributed by atoms with Gasteiger partial charge in [0, 0.05) is 13.0 Å². The van der Waals surface area contributed by atoms with Crippen molar-refractivity contribution in [3.8, 4) is 0 Å². The van der Waals surface area contributed by atoms with Gasteiger partial charge in [0.2, 0.25) is 5.91 Å². The molecule has 6 heteroatoms. The number of alkyl halides is 3. The van der Waals surface area contributed by atoms with E-state index in [9.17, 15) is 18.0 Å². The first-order valence-electron chi connectivity index (χ1n) is 5.60. The zero-order valence-corrected chi connectivity index (χ0v) is 9.57. The predicted molar refractivity (Wildman–Crippen MR) is 61.0 cm³/mol. The highest BCUT2D eigenvalue weighted by Gasteiger charge is 2.38. The molecular weight excluding hydrogens is 245 g/mol. The Kier molecular flexibility index (Phi) is 3.30. The summed E-state index contributed by atoms with van der Waals surface area (Å²) < 4.78 is 38.5. The number of rotatable bonds is 2. The standard InChI is InChI=1S/C12H13F3N2O/c13-12(14,15)9-3-1-2-4-10(9)17-7-8(6-16)5-11(17)18/h1-4,8H,5-7,16H2.